The number of aldehydes is 1. The van der Waals surface area contributed by atoms with E-state index in [4.69, 9.17) is 0 Å². The summed E-state index contributed by atoms with van der Waals surface area (Å²) in [6.07, 6.45) is 8.36. The number of hydrogen-bond donors (Lipinski definition) is 1. The van der Waals surface area contributed by atoms with Crippen molar-refractivity contribution >= 4 is 6.29 Å². The minimum absolute atomic E-state index is 0.287. The lowest BCUT2D eigenvalue weighted by Gasteiger charge is -2.37. The van der Waals surface area contributed by atoms with Crippen molar-refractivity contribution in [1.82, 2.24) is 0 Å². The van der Waals surface area contributed by atoms with Crippen LogP contribution in [0.2, 0.25) is 0 Å². The maximum Gasteiger partial charge on any atom is 0.145 e. The summed E-state index contributed by atoms with van der Waals surface area (Å²) < 4.78 is 0. The van der Waals surface area contributed by atoms with Gasteiger partial charge in [0.1, 0.15) is 6.29 Å². The van der Waals surface area contributed by atoms with Crippen molar-refractivity contribution in [3.63, 3.8) is 0 Å². The van der Waals surface area contributed by atoms with E-state index in [0.29, 0.717) is 11.8 Å². The van der Waals surface area contributed by atoms with Gasteiger partial charge < -0.3 is 5.11 Å². The van der Waals surface area contributed by atoms with Crippen LogP contribution in [-0.2, 0) is 4.79 Å². The average Bonchev–Trinajstić information content (AvgIpc) is 2.48. The van der Waals surface area contributed by atoms with Crippen molar-refractivity contribution in [2.75, 3.05) is 0 Å². The van der Waals surface area contributed by atoms with Crippen LogP contribution in [0.3, 0.4) is 0 Å². The molecule has 0 aromatic heterocycles. The van der Waals surface area contributed by atoms with E-state index in [1.807, 2.05) is 13.8 Å². The summed E-state index contributed by atoms with van der Waals surface area (Å²) >= 11 is 0. The number of carbonyl (C=O) groups excluding carboxylic acids is 1. The highest BCUT2D eigenvalue weighted by atomic mass is 16.3. The molecule has 1 fully saturated rings. The lowest BCUT2D eigenvalue weighted by Crippen LogP contribution is -2.37. The van der Waals surface area contributed by atoms with E-state index in [0.717, 1.165) is 37.5 Å². The first-order valence-corrected chi connectivity index (χ1v) is 6.73. The van der Waals surface area contributed by atoms with E-state index in [-0.39, 0.29) is 5.41 Å². The van der Waals surface area contributed by atoms with E-state index in [1.165, 1.54) is 6.42 Å². The van der Waals surface area contributed by atoms with Crippen molar-refractivity contribution in [1.29, 1.82) is 0 Å². The predicted octanol–water partition coefficient (Wildman–Crippen LogP) is 3.10. The van der Waals surface area contributed by atoms with Crippen LogP contribution in [0.15, 0.2) is 11.6 Å². The Balaban J connectivity index is 2.22. The van der Waals surface area contributed by atoms with Crippen molar-refractivity contribution in [3.8, 4) is 0 Å². The fourth-order valence-corrected chi connectivity index (χ4v) is 3.90. The van der Waals surface area contributed by atoms with Gasteiger partial charge >= 0.3 is 0 Å². The molecule has 0 saturated heterocycles. The summed E-state index contributed by atoms with van der Waals surface area (Å²) in [7, 11) is 0. The van der Waals surface area contributed by atoms with Crippen molar-refractivity contribution in [2.24, 2.45) is 17.3 Å². The van der Waals surface area contributed by atoms with Crippen LogP contribution in [0.4, 0.5) is 0 Å². The third-order valence-corrected chi connectivity index (χ3v) is 5.04. The zero-order valence-corrected chi connectivity index (χ0v) is 11.2. The molecule has 0 radical (unpaired) electrons. The molecule has 0 aromatic carbocycles. The Bertz CT molecular complexity index is 337. The van der Waals surface area contributed by atoms with Gasteiger partial charge in [-0.2, -0.15) is 0 Å². The first-order chi connectivity index (χ1) is 7.87. The van der Waals surface area contributed by atoms with Crippen LogP contribution < -0.4 is 0 Å². The minimum atomic E-state index is -0.589. The highest BCUT2D eigenvalue weighted by Crippen LogP contribution is 2.55. The Morgan fingerprint density at radius 3 is 2.76 bits per heavy atom. The topological polar surface area (TPSA) is 37.3 Å². The third-order valence-electron chi connectivity index (χ3n) is 5.04. The van der Waals surface area contributed by atoms with E-state index in [1.54, 1.807) is 0 Å². The SMILES string of the molecule is CC(C)(O)[C@H]1CC[C@]2(C)CC=C(C=O)CC[C@@H]12. The number of fused-ring (bicyclic) bond motifs is 1. The summed E-state index contributed by atoms with van der Waals surface area (Å²) in [6.45, 7) is 6.19. The second-order valence-electron chi connectivity index (χ2n) is 6.70. The van der Waals surface area contributed by atoms with Gasteiger partial charge in [-0.05, 0) is 68.8 Å². The van der Waals surface area contributed by atoms with Gasteiger partial charge in [0.15, 0.2) is 0 Å². The summed E-state index contributed by atoms with van der Waals surface area (Å²) in [5, 5.41) is 10.3. The molecule has 0 aromatic rings. The maximum absolute atomic E-state index is 10.9. The van der Waals surface area contributed by atoms with Crippen LogP contribution in [0.5, 0.6) is 0 Å². The van der Waals surface area contributed by atoms with Gasteiger partial charge in [-0.15, -0.1) is 0 Å². The highest BCUT2D eigenvalue weighted by Gasteiger charge is 2.49. The van der Waals surface area contributed by atoms with Crippen LogP contribution >= 0.6 is 0 Å². The minimum Gasteiger partial charge on any atom is -0.390 e. The first-order valence-electron chi connectivity index (χ1n) is 6.73. The van der Waals surface area contributed by atoms with Gasteiger partial charge in [0.2, 0.25) is 0 Å². The molecule has 1 N–H and O–H groups in total. The molecule has 2 rings (SSSR count). The van der Waals surface area contributed by atoms with Crippen LogP contribution in [0, 0.1) is 17.3 Å². The van der Waals surface area contributed by atoms with Gasteiger partial charge in [0, 0.05) is 0 Å². The van der Waals surface area contributed by atoms with E-state index in [9.17, 15) is 9.90 Å². The fourth-order valence-electron chi connectivity index (χ4n) is 3.90. The average molecular weight is 236 g/mol. The van der Waals surface area contributed by atoms with Gasteiger partial charge in [0.05, 0.1) is 5.60 Å². The van der Waals surface area contributed by atoms with Crippen molar-refractivity contribution in [2.45, 2.75) is 58.5 Å². The molecule has 17 heavy (non-hydrogen) atoms. The molecule has 2 nitrogen and oxygen atoms in total. The Hall–Kier alpha value is -0.630. The summed E-state index contributed by atoms with van der Waals surface area (Å²) in [4.78, 5) is 10.9. The molecule has 2 aliphatic rings. The molecule has 2 aliphatic carbocycles. The number of aliphatic hydroxyl groups is 1. The van der Waals surface area contributed by atoms with Gasteiger partial charge in [-0.1, -0.05) is 13.0 Å². The first kappa shape index (κ1) is 12.8. The Labute approximate surface area is 104 Å². The maximum atomic E-state index is 10.9. The quantitative estimate of drug-likeness (QED) is 0.748. The zero-order chi connectivity index (χ0) is 12.7. The number of hydrogen-bond acceptors (Lipinski definition) is 2. The van der Waals surface area contributed by atoms with E-state index < -0.39 is 5.60 Å². The predicted molar refractivity (Wildman–Crippen MR) is 68.6 cm³/mol. The molecule has 1 saturated carbocycles. The van der Waals surface area contributed by atoms with Crippen molar-refractivity contribution in [3.05, 3.63) is 11.6 Å². The molecule has 96 valence electrons. The smallest absolute Gasteiger partial charge is 0.145 e. The standard InChI is InChI=1S/C15H24O2/c1-14(2,17)12-7-9-15(3)8-6-11(10-16)4-5-13(12)15/h6,10,12-13,17H,4-5,7-9H2,1-3H3/t12-,13-,15-/m0/s1. The molecular weight excluding hydrogens is 212 g/mol. The van der Waals surface area contributed by atoms with Gasteiger partial charge in [-0.3, -0.25) is 4.79 Å². The van der Waals surface area contributed by atoms with Crippen LogP contribution in [0.1, 0.15) is 52.9 Å². The zero-order valence-electron chi connectivity index (χ0n) is 11.2. The lowest BCUT2D eigenvalue weighted by atomic mass is 9.70. The highest BCUT2D eigenvalue weighted by molar-refractivity contribution is 5.73. The van der Waals surface area contributed by atoms with E-state index in [2.05, 4.69) is 13.0 Å². The normalized spacial score (nSPS) is 38.2. The fraction of sp³-hybridized carbons (Fsp3) is 0.800. The Morgan fingerprint density at radius 2 is 2.18 bits per heavy atom. The second-order valence-corrected chi connectivity index (χ2v) is 6.70. The summed E-state index contributed by atoms with van der Waals surface area (Å²) in [5.41, 5.74) is 0.652. The second kappa shape index (κ2) is 4.24. The molecule has 0 aliphatic heterocycles. The number of carbonyl (C=O) groups is 1. The summed E-state index contributed by atoms with van der Waals surface area (Å²) in [6, 6.07) is 0. The largest absolute Gasteiger partial charge is 0.390 e. The molecule has 0 heterocycles. The van der Waals surface area contributed by atoms with Crippen molar-refractivity contribution < 1.29 is 9.90 Å². The Kier molecular flexibility index (Phi) is 3.19. The van der Waals surface area contributed by atoms with Crippen LogP contribution in [0.25, 0.3) is 0 Å². The Morgan fingerprint density at radius 1 is 1.47 bits per heavy atom. The third kappa shape index (κ3) is 2.33. The number of rotatable bonds is 2. The molecule has 0 amide bonds. The molecule has 0 bridgehead atoms. The van der Waals surface area contributed by atoms with Crippen LogP contribution in [-0.4, -0.2) is 17.0 Å². The molecule has 3 atom stereocenters. The van der Waals surface area contributed by atoms with Gasteiger partial charge in [0.25, 0.3) is 0 Å². The molecule has 0 unspecified atom stereocenters. The summed E-state index contributed by atoms with van der Waals surface area (Å²) in [5.74, 6) is 0.933. The monoisotopic (exact) mass is 236 g/mol. The molecule has 0 spiro atoms. The lowest BCUT2D eigenvalue weighted by molar-refractivity contribution is -0.105. The number of allylic oxidation sites excluding steroid dienone is 2. The molecule has 2 heteroatoms. The van der Waals surface area contributed by atoms with Gasteiger partial charge in [-0.25, -0.2) is 0 Å². The molecular formula is C15H24O2. The van der Waals surface area contributed by atoms with E-state index >= 15 is 0 Å².